The highest BCUT2D eigenvalue weighted by molar-refractivity contribution is 7.92. The zero-order valence-electron chi connectivity index (χ0n) is 15.7. The number of sulfonamides is 1. The van der Waals surface area contributed by atoms with Gasteiger partial charge in [-0.05, 0) is 42.2 Å². The number of benzene rings is 2. The smallest absolute Gasteiger partial charge is 0.243 e. The normalized spacial score (nSPS) is 13.6. The molecule has 7 heteroatoms. The van der Waals surface area contributed by atoms with Crippen LogP contribution in [-0.4, -0.2) is 33.2 Å². The van der Waals surface area contributed by atoms with Crippen molar-refractivity contribution in [3.63, 3.8) is 0 Å². The average Bonchev–Trinajstić information content (AvgIpc) is 2.64. The van der Waals surface area contributed by atoms with Gasteiger partial charge in [0.15, 0.2) is 0 Å². The molecule has 5 nitrogen and oxygen atoms in total. The molecule has 0 aromatic heterocycles. The van der Waals surface area contributed by atoms with Gasteiger partial charge in [-0.1, -0.05) is 44.2 Å². The van der Waals surface area contributed by atoms with Crippen molar-refractivity contribution in [2.45, 2.75) is 32.2 Å². The molecular weight excluding hydrogens is 367 g/mol. The van der Waals surface area contributed by atoms with Gasteiger partial charge in [0.2, 0.25) is 15.9 Å². The second-order valence-corrected chi connectivity index (χ2v) is 8.38. The standard InChI is InChI=1S/C20H25FN2O3S/c1-4-19(20(24)22-14-15(2)16-8-6-5-7-9-16)23(27(3,25)26)18-12-10-17(21)11-13-18/h5-13,15,19H,4,14H2,1-3H3,(H,22,24)/t15-,19+/m1/s1. The number of hydrogen-bond donors (Lipinski definition) is 1. The Bertz CT molecular complexity index is 855. The summed E-state index contributed by atoms with van der Waals surface area (Å²) in [5, 5.41) is 2.85. The third kappa shape index (κ3) is 5.53. The van der Waals surface area contributed by atoms with Crippen molar-refractivity contribution in [3.8, 4) is 0 Å². The van der Waals surface area contributed by atoms with Crippen LogP contribution in [0.5, 0.6) is 0 Å². The molecule has 2 rings (SSSR count). The molecule has 0 fully saturated rings. The van der Waals surface area contributed by atoms with Crippen LogP contribution in [0.1, 0.15) is 31.7 Å². The van der Waals surface area contributed by atoms with Gasteiger partial charge in [0, 0.05) is 6.54 Å². The Morgan fingerprint density at radius 3 is 2.22 bits per heavy atom. The van der Waals surface area contributed by atoms with E-state index in [0.717, 1.165) is 16.1 Å². The number of nitrogens with zero attached hydrogens (tertiary/aromatic N) is 1. The highest BCUT2D eigenvalue weighted by Crippen LogP contribution is 2.23. The number of carbonyl (C=O) groups is 1. The van der Waals surface area contributed by atoms with Gasteiger partial charge >= 0.3 is 0 Å². The van der Waals surface area contributed by atoms with Crippen LogP contribution in [0.25, 0.3) is 0 Å². The van der Waals surface area contributed by atoms with Crippen LogP contribution in [0.2, 0.25) is 0 Å². The SMILES string of the molecule is CC[C@@H](C(=O)NC[C@@H](C)c1ccccc1)N(c1ccc(F)cc1)S(C)(=O)=O. The number of carbonyl (C=O) groups excluding carboxylic acids is 1. The lowest BCUT2D eigenvalue weighted by Crippen LogP contribution is -2.49. The quantitative estimate of drug-likeness (QED) is 0.750. The monoisotopic (exact) mass is 392 g/mol. The maximum absolute atomic E-state index is 13.2. The van der Waals surface area contributed by atoms with Crippen LogP contribution in [0, 0.1) is 5.82 Å². The van der Waals surface area contributed by atoms with Crippen molar-refractivity contribution in [2.75, 3.05) is 17.1 Å². The molecule has 146 valence electrons. The number of nitrogens with one attached hydrogen (secondary N) is 1. The van der Waals surface area contributed by atoms with Gasteiger partial charge in [-0.3, -0.25) is 9.10 Å². The van der Waals surface area contributed by atoms with Crippen molar-refractivity contribution < 1.29 is 17.6 Å². The van der Waals surface area contributed by atoms with E-state index in [4.69, 9.17) is 0 Å². The number of rotatable bonds is 8. The Kier molecular flexibility index (Phi) is 6.96. The lowest BCUT2D eigenvalue weighted by molar-refractivity contribution is -0.122. The molecule has 2 aromatic carbocycles. The Labute approximate surface area is 160 Å². The van der Waals surface area contributed by atoms with Gasteiger partial charge < -0.3 is 5.32 Å². The van der Waals surface area contributed by atoms with E-state index in [2.05, 4.69) is 5.32 Å². The first kappa shape index (κ1) is 20.9. The molecule has 2 aromatic rings. The molecule has 1 amide bonds. The van der Waals surface area contributed by atoms with Crippen LogP contribution < -0.4 is 9.62 Å². The van der Waals surface area contributed by atoms with E-state index in [0.29, 0.717) is 6.54 Å². The Hall–Kier alpha value is -2.41. The number of anilines is 1. The van der Waals surface area contributed by atoms with Crippen LogP contribution in [0.15, 0.2) is 54.6 Å². The van der Waals surface area contributed by atoms with Gasteiger partial charge in [-0.2, -0.15) is 0 Å². The van der Waals surface area contributed by atoms with Gasteiger partial charge in [0.25, 0.3) is 0 Å². The van der Waals surface area contributed by atoms with E-state index in [-0.39, 0.29) is 23.9 Å². The van der Waals surface area contributed by atoms with Gasteiger partial charge in [-0.25, -0.2) is 12.8 Å². The molecule has 0 saturated carbocycles. The van der Waals surface area contributed by atoms with E-state index in [1.807, 2.05) is 37.3 Å². The summed E-state index contributed by atoms with van der Waals surface area (Å²) in [6, 6.07) is 13.9. The summed E-state index contributed by atoms with van der Waals surface area (Å²) in [6.07, 6.45) is 1.33. The van der Waals surface area contributed by atoms with Gasteiger partial charge in [0.05, 0.1) is 11.9 Å². The molecule has 0 radical (unpaired) electrons. The first-order chi connectivity index (χ1) is 12.7. The maximum Gasteiger partial charge on any atom is 0.243 e. The molecule has 0 saturated heterocycles. The van der Waals surface area contributed by atoms with E-state index in [1.165, 1.54) is 24.3 Å². The molecule has 0 unspecified atom stereocenters. The van der Waals surface area contributed by atoms with E-state index < -0.39 is 21.9 Å². The summed E-state index contributed by atoms with van der Waals surface area (Å²) in [6.45, 7) is 4.12. The van der Waals surface area contributed by atoms with Crippen LogP contribution >= 0.6 is 0 Å². The fraction of sp³-hybridized carbons (Fsp3) is 0.350. The van der Waals surface area contributed by atoms with E-state index >= 15 is 0 Å². The van der Waals surface area contributed by atoms with Gasteiger partial charge in [0.1, 0.15) is 11.9 Å². The second-order valence-electron chi connectivity index (χ2n) is 6.52. The van der Waals surface area contributed by atoms with Crippen molar-refractivity contribution >= 4 is 21.6 Å². The van der Waals surface area contributed by atoms with Crippen molar-refractivity contribution in [3.05, 3.63) is 66.0 Å². The van der Waals surface area contributed by atoms with Crippen LogP contribution in [-0.2, 0) is 14.8 Å². The fourth-order valence-electron chi connectivity index (χ4n) is 2.92. The molecule has 0 bridgehead atoms. The summed E-state index contributed by atoms with van der Waals surface area (Å²) in [7, 11) is -3.73. The first-order valence-corrected chi connectivity index (χ1v) is 10.7. The summed E-state index contributed by atoms with van der Waals surface area (Å²) in [4.78, 5) is 12.7. The van der Waals surface area contributed by atoms with Crippen molar-refractivity contribution in [1.82, 2.24) is 5.32 Å². The molecule has 1 N–H and O–H groups in total. The minimum atomic E-state index is -3.73. The third-order valence-electron chi connectivity index (χ3n) is 4.36. The molecule has 0 spiro atoms. The third-order valence-corrected chi connectivity index (χ3v) is 5.54. The molecule has 2 atom stereocenters. The number of hydrogen-bond acceptors (Lipinski definition) is 3. The maximum atomic E-state index is 13.2. The first-order valence-electron chi connectivity index (χ1n) is 8.81. The number of halogens is 1. The molecule has 27 heavy (non-hydrogen) atoms. The predicted octanol–water partition coefficient (Wildman–Crippen LogP) is 3.29. The molecule has 0 aliphatic rings. The summed E-state index contributed by atoms with van der Waals surface area (Å²) >= 11 is 0. The lowest BCUT2D eigenvalue weighted by Gasteiger charge is -2.30. The zero-order valence-corrected chi connectivity index (χ0v) is 16.5. The predicted molar refractivity (Wildman–Crippen MR) is 106 cm³/mol. The second kappa shape index (κ2) is 8.99. The largest absolute Gasteiger partial charge is 0.354 e. The Morgan fingerprint density at radius 1 is 1.11 bits per heavy atom. The molecular formula is C20H25FN2O3S. The number of amides is 1. The summed E-state index contributed by atoms with van der Waals surface area (Å²) in [5.41, 5.74) is 1.35. The van der Waals surface area contributed by atoms with Crippen molar-refractivity contribution in [1.29, 1.82) is 0 Å². The van der Waals surface area contributed by atoms with Crippen LogP contribution in [0.3, 0.4) is 0 Å². The topological polar surface area (TPSA) is 66.5 Å². The van der Waals surface area contributed by atoms with Gasteiger partial charge in [-0.15, -0.1) is 0 Å². The minimum Gasteiger partial charge on any atom is -0.354 e. The fourth-order valence-corrected chi connectivity index (χ4v) is 4.13. The molecule has 0 aliphatic heterocycles. The highest BCUT2D eigenvalue weighted by atomic mass is 32.2. The summed E-state index contributed by atoms with van der Waals surface area (Å²) < 4.78 is 38.9. The Balaban J connectivity index is 2.18. The highest BCUT2D eigenvalue weighted by Gasteiger charge is 2.31. The van der Waals surface area contributed by atoms with E-state index in [9.17, 15) is 17.6 Å². The van der Waals surface area contributed by atoms with E-state index in [1.54, 1.807) is 6.92 Å². The molecule has 0 aliphatic carbocycles. The molecule has 0 heterocycles. The lowest BCUT2D eigenvalue weighted by atomic mass is 10.0. The zero-order chi connectivity index (χ0) is 20.0. The minimum absolute atomic E-state index is 0.0881. The summed E-state index contributed by atoms with van der Waals surface area (Å²) in [5.74, 6) is -0.762. The van der Waals surface area contributed by atoms with Crippen molar-refractivity contribution in [2.24, 2.45) is 0 Å². The average molecular weight is 392 g/mol. The van der Waals surface area contributed by atoms with Crippen LogP contribution in [0.4, 0.5) is 10.1 Å². The Morgan fingerprint density at radius 2 is 1.70 bits per heavy atom.